The van der Waals surface area contributed by atoms with Gasteiger partial charge < -0.3 is 20.5 Å². The number of hydrogen-bond acceptors (Lipinski definition) is 5. The summed E-state index contributed by atoms with van der Waals surface area (Å²) >= 11 is 0. The standard InChI is InChI=1S/C16H25N2O4P/c1-11(2)22-16(19)18-12-6-8-23(20,9-7-12)13-4-5-14(17)15(10-13)21-3/h4-5,10-12,20H,6-9,17H2,1-3H3/p+1. The van der Waals surface area contributed by atoms with Crippen LogP contribution in [-0.4, -0.2) is 42.6 Å². The van der Waals surface area contributed by atoms with Crippen LogP contribution in [0.5, 0.6) is 5.75 Å². The lowest BCUT2D eigenvalue weighted by Crippen LogP contribution is -2.41. The van der Waals surface area contributed by atoms with E-state index in [0.717, 1.165) is 18.1 Å². The van der Waals surface area contributed by atoms with E-state index in [0.29, 0.717) is 23.8 Å². The highest BCUT2D eigenvalue weighted by molar-refractivity contribution is 7.77. The highest BCUT2D eigenvalue weighted by Gasteiger charge is 2.43. The number of amides is 1. The van der Waals surface area contributed by atoms with Crippen molar-refractivity contribution in [1.29, 1.82) is 0 Å². The summed E-state index contributed by atoms with van der Waals surface area (Å²) in [6.45, 7) is 3.64. The van der Waals surface area contributed by atoms with E-state index in [9.17, 15) is 9.69 Å². The molecule has 1 aliphatic rings. The van der Waals surface area contributed by atoms with Crippen molar-refractivity contribution in [3.05, 3.63) is 18.2 Å². The van der Waals surface area contributed by atoms with E-state index in [1.165, 1.54) is 0 Å². The fourth-order valence-corrected chi connectivity index (χ4v) is 5.70. The van der Waals surface area contributed by atoms with Crippen molar-refractivity contribution in [1.82, 2.24) is 5.32 Å². The van der Waals surface area contributed by atoms with Crippen LogP contribution in [0.25, 0.3) is 0 Å². The van der Waals surface area contributed by atoms with Gasteiger partial charge in [0, 0.05) is 24.9 Å². The molecule has 0 saturated carbocycles. The molecule has 0 atom stereocenters. The van der Waals surface area contributed by atoms with E-state index in [1.54, 1.807) is 13.2 Å². The fraction of sp³-hybridized carbons (Fsp3) is 0.562. The van der Waals surface area contributed by atoms with E-state index < -0.39 is 7.49 Å². The van der Waals surface area contributed by atoms with Gasteiger partial charge in [-0.1, -0.05) is 0 Å². The van der Waals surface area contributed by atoms with Crippen LogP contribution in [0.3, 0.4) is 0 Å². The van der Waals surface area contributed by atoms with Gasteiger partial charge in [0.2, 0.25) is 0 Å². The van der Waals surface area contributed by atoms with Crippen LogP contribution < -0.4 is 21.1 Å². The lowest BCUT2D eigenvalue weighted by molar-refractivity contribution is 0.111. The van der Waals surface area contributed by atoms with Crippen LogP contribution in [0.1, 0.15) is 26.7 Å². The second kappa shape index (κ2) is 7.37. The third-order valence-corrected chi connectivity index (χ3v) is 7.29. The number of benzene rings is 1. The Kier molecular flexibility index (Phi) is 5.71. The van der Waals surface area contributed by atoms with Crippen LogP contribution in [0, 0.1) is 0 Å². The Labute approximate surface area is 137 Å². The van der Waals surface area contributed by atoms with Crippen molar-refractivity contribution in [2.75, 3.05) is 25.2 Å². The molecule has 1 saturated heterocycles. The van der Waals surface area contributed by atoms with Gasteiger partial charge in [-0.05, 0) is 26.0 Å². The van der Waals surface area contributed by atoms with Gasteiger partial charge in [0.25, 0.3) is 0 Å². The predicted molar refractivity (Wildman–Crippen MR) is 93.7 cm³/mol. The first-order valence-corrected chi connectivity index (χ1v) is 9.96. The van der Waals surface area contributed by atoms with Gasteiger partial charge in [0.15, 0.2) is 7.49 Å². The summed E-state index contributed by atoms with van der Waals surface area (Å²) < 4.78 is 10.3. The number of nitrogens with one attached hydrogen (secondary N) is 1. The Bertz CT molecular complexity index is 557. The van der Waals surface area contributed by atoms with Crippen LogP contribution in [0.4, 0.5) is 10.5 Å². The number of carbonyl (C=O) groups is 1. The Morgan fingerprint density at radius 3 is 2.61 bits per heavy atom. The fourth-order valence-electron chi connectivity index (χ4n) is 2.77. The number of anilines is 1. The van der Waals surface area contributed by atoms with Gasteiger partial charge in [-0.2, -0.15) is 0 Å². The van der Waals surface area contributed by atoms with E-state index in [4.69, 9.17) is 15.2 Å². The highest BCUT2D eigenvalue weighted by atomic mass is 31.2. The van der Waals surface area contributed by atoms with Crippen LogP contribution >= 0.6 is 7.49 Å². The van der Waals surface area contributed by atoms with Gasteiger partial charge in [-0.3, -0.25) is 0 Å². The summed E-state index contributed by atoms with van der Waals surface area (Å²) in [6, 6.07) is 5.55. The number of ether oxygens (including phenoxy) is 2. The molecule has 1 fully saturated rings. The normalized spacial score (nSPS) is 24.3. The second-order valence-corrected chi connectivity index (χ2v) is 9.42. The summed E-state index contributed by atoms with van der Waals surface area (Å²) in [6.07, 6.45) is 2.31. The zero-order valence-electron chi connectivity index (χ0n) is 13.9. The first kappa shape index (κ1) is 17.8. The molecule has 1 aliphatic heterocycles. The molecule has 0 bridgehead atoms. The number of hydrogen-bond donors (Lipinski definition) is 3. The minimum atomic E-state index is -2.21. The molecule has 128 valence electrons. The Balaban J connectivity index is 1.98. The molecule has 6 nitrogen and oxygen atoms in total. The summed E-state index contributed by atoms with van der Waals surface area (Å²) in [5.74, 6) is 0.594. The van der Waals surface area contributed by atoms with Crippen molar-refractivity contribution in [2.24, 2.45) is 0 Å². The topological polar surface area (TPSA) is 93.8 Å². The maximum Gasteiger partial charge on any atom is 0.407 e. The van der Waals surface area contributed by atoms with E-state index >= 15 is 0 Å². The molecule has 1 heterocycles. The molecule has 0 aliphatic carbocycles. The molecule has 1 aromatic carbocycles. The zero-order valence-corrected chi connectivity index (χ0v) is 14.8. The molecular weight excluding hydrogens is 315 g/mol. The molecule has 7 heteroatoms. The van der Waals surface area contributed by atoms with Gasteiger partial charge in [0.1, 0.15) is 11.1 Å². The highest BCUT2D eigenvalue weighted by Crippen LogP contribution is 2.57. The van der Waals surface area contributed by atoms with Gasteiger partial charge >= 0.3 is 6.09 Å². The Morgan fingerprint density at radius 2 is 2.04 bits per heavy atom. The molecule has 0 unspecified atom stereocenters. The average Bonchev–Trinajstić information content (AvgIpc) is 2.49. The van der Waals surface area contributed by atoms with Crippen molar-refractivity contribution in [3.63, 3.8) is 0 Å². The zero-order chi connectivity index (χ0) is 17.0. The van der Waals surface area contributed by atoms with E-state index in [2.05, 4.69) is 5.32 Å². The number of nitrogens with two attached hydrogens (primary N) is 1. The molecule has 23 heavy (non-hydrogen) atoms. The number of alkyl carbamates (subject to hydrolysis) is 1. The summed E-state index contributed by atoms with van der Waals surface area (Å²) in [7, 11) is -0.643. The molecule has 1 amide bonds. The number of rotatable bonds is 4. The largest absolute Gasteiger partial charge is 0.494 e. The smallest absolute Gasteiger partial charge is 0.407 e. The Hall–Kier alpha value is -1.52. The SMILES string of the molecule is COc1cc([P+]2(O)CCC(NC(=O)OC(C)C)CC2)ccc1N. The maximum absolute atomic E-state index is 11.7. The third-order valence-electron chi connectivity index (χ3n) is 4.06. The van der Waals surface area contributed by atoms with Crippen molar-refractivity contribution >= 4 is 24.6 Å². The number of carbonyl (C=O) groups excluding carboxylic acids is 1. The van der Waals surface area contributed by atoms with Crippen LogP contribution in [0.15, 0.2) is 18.2 Å². The minimum Gasteiger partial charge on any atom is -0.494 e. The van der Waals surface area contributed by atoms with E-state index in [1.807, 2.05) is 26.0 Å². The summed E-state index contributed by atoms with van der Waals surface area (Å²) in [4.78, 5) is 22.7. The van der Waals surface area contributed by atoms with Crippen molar-refractivity contribution < 1.29 is 19.2 Å². The lowest BCUT2D eigenvalue weighted by Gasteiger charge is -2.30. The van der Waals surface area contributed by atoms with Gasteiger partial charge in [0.05, 0.1) is 31.2 Å². The Morgan fingerprint density at radius 1 is 1.39 bits per heavy atom. The molecular formula is C16H26N2O4P+. The summed E-state index contributed by atoms with van der Waals surface area (Å²) in [5, 5.41) is 3.78. The second-order valence-electron chi connectivity index (χ2n) is 6.17. The molecule has 0 radical (unpaired) electrons. The lowest BCUT2D eigenvalue weighted by atomic mass is 10.2. The van der Waals surface area contributed by atoms with Crippen LogP contribution in [-0.2, 0) is 4.74 Å². The quantitative estimate of drug-likeness (QED) is 0.576. The summed E-state index contributed by atoms with van der Waals surface area (Å²) in [5.41, 5.74) is 6.40. The molecule has 0 spiro atoms. The molecule has 0 aromatic heterocycles. The monoisotopic (exact) mass is 341 g/mol. The van der Waals surface area contributed by atoms with Crippen LogP contribution in [0.2, 0.25) is 0 Å². The number of methoxy groups -OCH3 is 1. The van der Waals surface area contributed by atoms with Crippen molar-refractivity contribution in [3.8, 4) is 5.75 Å². The molecule has 1 aromatic rings. The maximum atomic E-state index is 11.7. The van der Waals surface area contributed by atoms with Gasteiger partial charge in [-0.15, -0.1) is 0 Å². The minimum absolute atomic E-state index is 0.0530. The molecule has 2 rings (SSSR count). The molecule has 4 N–H and O–H groups in total. The predicted octanol–water partition coefficient (Wildman–Crippen LogP) is 2.12. The number of nitrogen functional groups attached to an aromatic ring is 1. The third kappa shape index (κ3) is 4.49. The van der Waals surface area contributed by atoms with E-state index in [-0.39, 0.29) is 18.2 Å². The van der Waals surface area contributed by atoms with Crippen molar-refractivity contribution in [2.45, 2.75) is 38.8 Å². The average molecular weight is 341 g/mol. The van der Waals surface area contributed by atoms with Gasteiger partial charge in [-0.25, -0.2) is 9.69 Å². The first-order chi connectivity index (χ1) is 10.8. The first-order valence-electron chi connectivity index (χ1n) is 7.85.